The first-order valence-corrected chi connectivity index (χ1v) is 9.08. The summed E-state index contributed by atoms with van der Waals surface area (Å²) in [5.74, 6) is 0. The molecule has 3 heteroatoms. The minimum absolute atomic E-state index is 0.0355. The van der Waals surface area contributed by atoms with E-state index in [0.717, 1.165) is 19.4 Å². The molecule has 0 aliphatic carbocycles. The zero-order chi connectivity index (χ0) is 9.90. The number of rotatable bonds is 2. The summed E-state index contributed by atoms with van der Waals surface area (Å²) >= 11 is 0. The SMILES string of the molecule is C[Si](C)(C)CN1CCCC(O)CC1. The quantitative estimate of drug-likeness (QED) is 0.688. The van der Waals surface area contributed by atoms with Crippen molar-refractivity contribution in [2.75, 3.05) is 19.3 Å². The van der Waals surface area contributed by atoms with E-state index in [2.05, 4.69) is 24.5 Å². The van der Waals surface area contributed by atoms with Crippen LogP contribution in [0, 0.1) is 0 Å². The van der Waals surface area contributed by atoms with Gasteiger partial charge in [0.1, 0.15) is 0 Å². The fourth-order valence-corrected chi connectivity index (χ4v) is 3.63. The van der Waals surface area contributed by atoms with E-state index in [1.807, 2.05) is 0 Å². The Morgan fingerprint density at radius 1 is 1.23 bits per heavy atom. The molecule has 1 aliphatic rings. The van der Waals surface area contributed by atoms with Gasteiger partial charge in [-0.3, -0.25) is 0 Å². The van der Waals surface area contributed by atoms with Crippen LogP contribution in [0.2, 0.25) is 19.6 Å². The van der Waals surface area contributed by atoms with Crippen LogP contribution in [0.5, 0.6) is 0 Å². The Bertz CT molecular complexity index is 155. The minimum atomic E-state index is -0.945. The second-order valence-corrected chi connectivity index (χ2v) is 10.9. The Kier molecular flexibility index (Phi) is 3.95. The number of hydrogen-bond donors (Lipinski definition) is 1. The van der Waals surface area contributed by atoms with E-state index in [1.165, 1.54) is 19.1 Å². The van der Waals surface area contributed by atoms with Crippen LogP contribution in [0.25, 0.3) is 0 Å². The van der Waals surface area contributed by atoms with Crippen LogP contribution >= 0.6 is 0 Å². The lowest BCUT2D eigenvalue weighted by molar-refractivity contribution is 0.156. The molecule has 1 N–H and O–H groups in total. The molecule has 0 bridgehead atoms. The van der Waals surface area contributed by atoms with Crippen molar-refractivity contribution in [3.63, 3.8) is 0 Å². The first-order chi connectivity index (χ1) is 5.97. The van der Waals surface area contributed by atoms with Crippen LogP contribution in [-0.2, 0) is 0 Å². The number of likely N-dealkylation sites (tertiary alicyclic amines) is 1. The first-order valence-electron chi connectivity index (χ1n) is 5.38. The topological polar surface area (TPSA) is 23.5 Å². The lowest BCUT2D eigenvalue weighted by atomic mass is 10.2. The lowest BCUT2D eigenvalue weighted by Crippen LogP contribution is -2.40. The van der Waals surface area contributed by atoms with Crippen molar-refractivity contribution < 1.29 is 5.11 Å². The van der Waals surface area contributed by atoms with Crippen LogP contribution in [-0.4, -0.2) is 43.4 Å². The largest absolute Gasteiger partial charge is 0.393 e. The summed E-state index contributed by atoms with van der Waals surface area (Å²) in [6.07, 6.45) is 4.41. The molecular formula is C10H23NOSi. The highest BCUT2D eigenvalue weighted by Crippen LogP contribution is 2.13. The second-order valence-electron chi connectivity index (χ2n) is 5.42. The molecule has 1 aliphatic heterocycles. The van der Waals surface area contributed by atoms with Gasteiger partial charge in [0.05, 0.1) is 14.2 Å². The molecule has 1 rings (SSSR count). The molecule has 0 amide bonds. The normalized spacial score (nSPS) is 27.2. The molecule has 1 saturated heterocycles. The van der Waals surface area contributed by atoms with E-state index in [0.29, 0.717) is 0 Å². The molecule has 0 radical (unpaired) electrons. The van der Waals surface area contributed by atoms with Gasteiger partial charge in [-0.25, -0.2) is 0 Å². The zero-order valence-corrected chi connectivity index (χ0v) is 10.2. The molecule has 0 aromatic heterocycles. The van der Waals surface area contributed by atoms with E-state index in [1.54, 1.807) is 0 Å². The van der Waals surface area contributed by atoms with Gasteiger partial charge in [-0.15, -0.1) is 0 Å². The highest BCUT2D eigenvalue weighted by Gasteiger charge is 2.21. The number of aliphatic hydroxyl groups is 1. The molecule has 13 heavy (non-hydrogen) atoms. The molecule has 1 heterocycles. The van der Waals surface area contributed by atoms with E-state index in [4.69, 9.17) is 0 Å². The second kappa shape index (κ2) is 4.58. The van der Waals surface area contributed by atoms with E-state index >= 15 is 0 Å². The molecule has 0 aromatic rings. The minimum Gasteiger partial charge on any atom is -0.393 e. The van der Waals surface area contributed by atoms with Gasteiger partial charge in [-0.05, 0) is 32.0 Å². The van der Waals surface area contributed by atoms with E-state index in [-0.39, 0.29) is 6.10 Å². The molecular weight excluding hydrogens is 178 g/mol. The highest BCUT2D eigenvalue weighted by atomic mass is 28.3. The maximum atomic E-state index is 9.49. The van der Waals surface area contributed by atoms with Gasteiger partial charge in [0.15, 0.2) is 0 Å². The fraction of sp³-hybridized carbons (Fsp3) is 1.00. The molecule has 1 atom stereocenters. The Hall–Kier alpha value is 0.137. The number of nitrogens with zero attached hydrogens (tertiary/aromatic N) is 1. The maximum absolute atomic E-state index is 9.49. The lowest BCUT2D eigenvalue weighted by Gasteiger charge is -2.27. The average molecular weight is 201 g/mol. The number of hydrogen-bond acceptors (Lipinski definition) is 2. The van der Waals surface area contributed by atoms with Gasteiger partial charge in [0.25, 0.3) is 0 Å². The maximum Gasteiger partial charge on any atom is 0.0599 e. The standard InChI is InChI=1S/C10H23NOSi/c1-13(2,3)9-11-7-4-5-10(12)6-8-11/h10,12H,4-9H2,1-3H3. The van der Waals surface area contributed by atoms with Crippen molar-refractivity contribution in [2.45, 2.75) is 45.0 Å². The first kappa shape index (κ1) is 11.2. The van der Waals surface area contributed by atoms with Crippen molar-refractivity contribution in [2.24, 2.45) is 0 Å². The van der Waals surface area contributed by atoms with Gasteiger partial charge >= 0.3 is 0 Å². The monoisotopic (exact) mass is 201 g/mol. The van der Waals surface area contributed by atoms with Crippen molar-refractivity contribution in [1.29, 1.82) is 0 Å². The van der Waals surface area contributed by atoms with E-state index < -0.39 is 8.07 Å². The van der Waals surface area contributed by atoms with Crippen molar-refractivity contribution in [1.82, 2.24) is 4.90 Å². The summed E-state index contributed by atoms with van der Waals surface area (Å²) in [5, 5.41) is 9.49. The summed E-state index contributed by atoms with van der Waals surface area (Å²) in [5.41, 5.74) is 0. The molecule has 1 unspecified atom stereocenters. The van der Waals surface area contributed by atoms with Crippen molar-refractivity contribution in [3.8, 4) is 0 Å². The third kappa shape index (κ3) is 4.79. The van der Waals surface area contributed by atoms with Crippen LogP contribution < -0.4 is 0 Å². The van der Waals surface area contributed by atoms with Gasteiger partial charge in [-0.2, -0.15) is 0 Å². The molecule has 0 aromatic carbocycles. The summed E-state index contributed by atoms with van der Waals surface area (Å²) in [6, 6.07) is 0. The summed E-state index contributed by atoms with van der Waals surface area (Å²) in [6.45, 7) is 9.53. The molecule has 2 nitrogen and oxygen atoms in total. The molecule has 1 fully saturated rings. The average Bonchev–Trinajstić information content (AvgIpc) is 2.12. The predicted molar refractivity (Wildman–Crippen MR) is 59.6 cm³/mol. The highest BCUT2D eigenvalue weighted by molar-refractivity contribution is 6.76. The predicted octanol–water partition coefficient (Wildman–Crippen LogP) is 1.71. The van der Waals surface area contributed by atoms with Gasteiger partial charge < -0.3 is 10.0 Å². The number of aliphatic hydroxyl groups excluding tert-OH is 1. The fourth-order valence-electron chi connectivity index (χ4n) is 1.97. The van der Waals surface area contributed by atoms with Crippen LogP contribution in [0.4, 0.5) is 0 Å². The summed E-state index contributed by atoms with van der Waals surface area (Å²) < 4.78 is 0. The van der Waals surface area contributed by atoms with Crippen molar-refractivity contribution >= 4 is 8.07 Å². The van der Waals surface area contributed by atoms with Crippen LogP contribution in [0.15, 0.2) is 0 Å². The van der Waals surface area contributed by atoms with Gasteiger partial charge in [0, 0.05) is 6.54 Å². The van der Waals surface area contributed by atoms with E-state index in [9.17, 15) is 5.11 Å². The Labute approximate surface area is 83.0 Å². The van der Waals surface area contributed by atoms with Gasteiger partial charge in [0.2, 0.25) is 0 Å². The van der Waals surface area contributed by atoms with Crippen molar-refractivity contribution in [3.05, 3.63) is 0 Å². The molecule has 78 valence electrons. The Balaban J connectivity index is 2.34. The van der Waals surface area contributed by atoms with Gasteiger partial charge in [-0.1, -0.05) is 19.6 Å². The zero-order valence-electron chi connectivity index (χ0n) is 9.21. The molecule has 0 spiro atoms. The van der Waals surface area contributed by atoms with Crippen LogP contribution in [0.1, 0.15) is 19.3 Å². The van der Waals surface area contributed by atoms with Crippen LogP contribution in [0.3, 0.4) is 0 Å². The summed E-state index contributed by atoms with van der Waals surface area (Å²) in [7, 11) is -0.945. The third-order valence-electron chi connectivity index (χ3n) is 2.49. The Morgan fingerprint density at radius 3 is 2.54 bits per heavy atom. The third-order valence-corrected chi connectivity index (χ3v) is 3.88. The molecule has 0 saturated carbocycles. The summed E-state index contributed by atoms with van der Waals surface area (Å²) in [4.78, 5) is 2.54. The smallest absolute Gasteiger partial charge is 0.0599 e. The Morgan fingerprint density at radius 2 is 1.92 bits per heavy atom.